The van der Waals surface area contributed by atoms with E-state index in [-0.39, 0.29) is 16.5 Å². The molecule has 0 atom stereocenters. The first-order valence-corrected chi connectivity index (χ1v) is 10.4. The molecule has 0 saturated heterocycles. The molecule has 0 unspecified atom stereocenters. The second kappa shape index (κ2) is 7.37. The van der Waals surface area contributed by atoms with E-state index < -0.39 is 15.7 Å². The van der Waals surface area contributed by atoms with Crippen LogP contribution in [0.25, 0.3) is 0 Å². The molecule has 1 aromatic heterocycles. The maximum absolute atomic E-state index is 13.1. The first-order chi connectivity index (χ1) is 12.7. The highest BCUT2D eigenvalue weighted by Crippen LogP contribution is 2.32. The fourth-order valence-corrected chi connectivity index (χ4v) is 5.14. The third kappa shape index (κ3) is 3.87. The number of nitrogen functional groups attached to an aromatic ring is 1. The molecule has 0 amide bonds. The quantitative estimate of drug-likeness (QED) is 0.678. The molecule has 0 aliphatic carbocycles. The molecule has 142 valence electrons. The largest absolute Gasteiger partial charge is 0.384 e. The monoisotopic (exact) mass is 406 g/mol. The predicted molar refractivity (Wildman–Crippen MR) is 106 cm³/mol. The van der Waals surface area contributed by atoms with Crippen molar-refractivity contribution < 1.29 is 12.8 Å². The maximum Gasteiger partial charge on any atom is 0.186 e. The molecular formula is C20H20ClFN2O2S. The summed E-state index contributed by atoms with van der Waals surface area (Å²) in [6.45, 7) is 3.95. The van der Waals surface area contributed by atoms with Crippen molar-refractivity contribution in [2.45, 2.75) is 31.0 Å². The minimum absolute atomic E-state index is 0.122. The summed E-state index contributed by atoms with van der Waals surface area (Å²) >= 11 is 6.23. The van der Waals surface area contributed by atoms with Crippen LogP contribution in [-0.2, 0) is 22.1 Å². The summed E-state index contributed by atoms with van der Waals surface area (Å²) < 4.78 is 40.8. The van der Waals surface area contributed by atoms with Crippen molar-refractivity contribution in [3.05, 3.63) is 81.8 Å². The van der Waals surface area contributed by atoms with Crippen molar-refractivity contribution in [2.75, 3.05) is 5.73 Å². The Labute approximate surface area is 163 Å². The molecule has 2 N–H and O–H groups in total. The van der Waals surface area contributed by atoms with Crippen molar-refractivity contribution in [3.8, 4) is 0 Å². The normalized spacial score (nSPS) is 11.7. The zero-order valence-corrected chi connectivity index (χ0v) is 16.6. The fourth-order valence-electron chi connectivity index (χ4n) is 3.13. The molecule has 1 heterocycles. The van der Waals surface area contributed by atoms with Crippen LogP contribution >= 0.6 is 11.6 Å². The highest BCUT2D eigenvalue weighted by molar-refractivity contribution is 7.90. The molecule has 0 aliphatic heterocycles. The van der Waals surface area contributed by atoms with Crippen molar-refractivity contribution >= 4 is 27.3 Å². The van der Waals surface area contributed by atoms with Gasteiger partial charge in [0.1, 0.15) is 16.5 Å². The van der Waals surface area contributed by atoms with Gasteiger partial charge in [0.05, 0.1) is 12.3 Å². The van der Waals surface area contributed by atoms with Crippen LogP contribution in [0.5, 0.6) is 0 Å². The number of rotatable bonds is 5. The summed E-state index contributed by atoms with van der Waals surface area (Å²) in [6.07, 6.45) is 0. The number of halogens is 2. The van der Waals surface area contributed by atoms with E-state index in [1.165, 1.54) is 24.3 Å². The zero-order chi connectivity index (χ0) is 19.8. The number of aromatic nitrogens is 1. The van der Waals surface area contributed by atoms with E-state index in [0.29, 0.717) is 22.7 Å². The summed E-state index contributed by atoms with van der Waals surface area (Å²) in [5, 5.41) is 0.596. The van der Waals surface area contributed by atoms with Gasteiger partial charge in [0.25, 0.3) is 0 Å². The van der Waals surface area contributed by atoms with Crippen LogP contribution < -0.4 is 5.73 Å². The van der Waals surface area contributed by atoms with Gasteiger partial charge in [-0.2, -0.15) is 0 Å². The molecule has 0 spiro atoms. The fraction of sp³-hybridized carbons (Fsp3) is 0.200. The molecule has 7 heteroatoms. The lowest BCUT2D eigenvalue weighted by Crippen LogP contribution is -2.11. The van der Waals surface area contributed by atoms with Gasteiger partial charge in [0, 0.05) is 10.7 Å². The summed E-state index contributed by atoms with van der Waals surface area (Å²) in [5.41, 5.74) is 8.99. The van der Waals surface area contributed by atoms with Crippen LogP contribution in [0.2, 0.25) is 5.02 Å². The molecular weight excluding hydrogens is 387 g/mol. The highest BCUT2D eigenvalue weighted by atomic mass is 35.5. The number of benzene rings is 2. The Kier molecular flexibility index (Phi) is 5.31. The number of anilines is 1. The van der Waals surface area contributed by atoms with Crippen molar-refractivity contribution in [1.29, 1.82) is 0 Å². The average molecular weight is 407 g/mol. The summed E-state index contributed by atoms with van der Waals surface area (Å²) in [4.78, 5) is 0.122. The van der Waals surface area contributed by atoms with Crippen LogP contribution in [0.4, 0.5) is 10.2 Å². The minimum Gasteiger partial charge on any atom is -0.384 e. The van der Waals surface area contributed by atoms with Gasteiger partial charge in [-0.25, -0.2) is 12.8 Å². The average Bonchev–Trinajstić information content (AvgIpc) is 2.82. The molecule has 4 nitrogen and oxygen atoms in total. The van der Waals surface area contributed by atoms with Gasteiger partial charge in [-0.05, 0) is 48.7 Å². The lowest BCUT2D eigenvalue weighted by molar-refractivity contribution is 0.594. The van der Waals surface area contributed by atoms with Crippen LogP contribution in [0.3, 0.4) is 0 Å². The van der Waals surface area contributed by atoms with Crippen LogP contribution in [0, 0.1) is 19.7 Å². The van der Waals surface area contributed by atoms with Crippen LogP contribution in [0.1, 0.15) is 22.4 Å². The van der Waals surface area contributed by atoms with Crippen LogP contribution in [-0.4, -0.2) is 13.0 Å². The number of hydrogen-bond acceptors (Lipinski definition) is 3. The molecule has 0 aliphatic rings. The molecule has 0 fully saturated rings. The molecule has 0 saturated carbocycles. The van der Waals surface area contributed by atoms with E-state index in [9.17, 15) is 12.8 Å². The van der Waals surface area contributed by atoms with Gasteiger partial charge >= 0.3 is 0 Å². The number of hydrogen-bond donors (Lipinski definition) is 1. The van der Waals surface area contributed by atoms with Gasteiger partial charge < -0.3 is 10.3 Å². The van der Waals surface area contributed by atoms with Gasteiger partial charge in [-0.1, -0.05) is 41.9 Å². The van der Waals surface area contributed by atoms with Crippen LogP contribution in [0.15, 0.2) is 53.4 Å². The van der Waals surface area contributed by atoms with E-state index in [1.807, 2.05) is 25.1 Å². The predicted octanol–water partition coefficient (Wildman–Crippen LogP) is 4.50. The third-order valence-electron chi connectivity index (χ3n) is 4.68. The number of sulfone groups is 1. The molecule has 2 aromatic carbocycles. The lowest BCUT2D eigenvalue weighted by Gasteiger charge is -2.11. The van der Waals surface area contributed by atoms with Gasteiger partial charge in [0.15, 0.2) is 9.84 Å². The smallest absolute Gasteiger partial charge is 0.186 e. The Morgan fingerprint density at radius 2 is 1.70 bits per heavy atom. The van der Waals surface area contributed by atoms with Crippen molar-refractivity contribution in [2.24, 2.45) is 0 Å². The van der Waals surface area contributed by atoms with E-state index in [0.717, 1.165) is 11.3 Å². The van der Waals surface area contributed by atoms with Gasteiger partial charge in [-0.3, -0.25) is 0 Å². The topological polar surface area (TPSA) is 65.1 Å². The Bertz CT molecular complexity index is 1090. The Morgan fingerprint density at radius 3 is 2.33 bits per heavy atom. The van der Waals surface area contributed by atoms with Gasteiger partial charge in [-0.15, -0.1) is 0 Å². The number of nitrogens with zero attached hydrogens (tertiary/aromatic N) is 1. The highest BCUT2D eigenvalue weighted by Gasteiger charge is 2.27. The summed E-state index contributed by atoms with van der Waals surface area (Å²) in [5.74, 6) is -0.464. The van der Waals surface area contributed by atoms with Gasteiger partial charge in [0.2, 0.25) is 0 Å². The summed E-state index contributed by atoms with van der Waals surface area (Å²) in [6, 6.07) is 12.8. The molecule has 27 heavy (non-hydrogen) atoms. The SMILES string of the molecule is Cc1c(S(=O)(=O)Cc2ccc(F)cc2)c(N)n(Cc2ccccc2Cl)c1C. The Morgan fingerprint density at radius 1 is 1.07 bits per heavy atom. The molecule has 3 aromatic rings. The zero-order valence-electron chi connectivity index (χ0n) is 15.0. The second-order valence-corrected chi connectivity index (χ2v) is 8.82. The molecule has 0 bridgehead atoms. The third-order valence-corrected chi connectivity index (χ3v) is 6.90. The number of nitrogens with two attached hydrogens (primary N) is 1. The van der Waals surface area contributed by atoms with E-state index >= 15 is 0 Å². The van der Waals surface area contributed by atoms with E-state index in [1.54, 1.807) is 17.6 Å². The molecule has 3 rings (SSSR count). The molecule has 0 radical (unpaired) electrons. The lowest BCUT2D eigenvalue weighted by atomic mass is 10.2. The first-order valence-electron chi connectivity index (χ1n) is 8.36. The second-order valence-electron chi connectivity index (χ2n) is 6.49. The van der Waals surface area contributed by atoms with E-state index in [4.69, 9.17) is 17.3 Å². The standard InChI is InChI=1S/C20H20ClFN2O2S/c1-13-14(2)24(11-16-5-3-4-6-18(16)21)20(23)19(13)27(25,26)12-15-7-9-17(22)10-8-15/h3-10H,11-12,23H2,1-2H3. The van der Waals surface area contributed by atoms with Crippen molar-refractivity contribution in [3.63, 3.8) is 0 Å². The minimum atomic E-state index is -3.69. The summed E-state index contributed by atoms with van der Waals surface area (Å²) in [7, 11) is -3.69. The van der Waals surface area contributed by atoms with Crippen molar-refractivity contribution in [1.82, 2.24) is 4.57 Å². The first kappa shape index (κ1) is 19.5. The Hall–Kier alpha value is -2.31. The Balaban J connectivity index is 2.01. The maximum atomic E-state index is 13.1. The van der Waals surface area contributed by atoms with E-state index in [2.05, 4.69) is 0 Å².